The van der Waals surface area contributed by atoms with Crippen molar-refractivity contribution < 1.29 is 9.69 Å². The number of likely N-dealkylation sites (tertiary alicyclic amines) is 1. The van der Waals surface area contributed by atoms with E-state index >= 15 is 0 Å². The summed E-state index contributed by atoms with van der Waals surface area (Å²) in [6.07, 6.45) is 14.2. The van der Waals surface area contributed by atoms with Gasteiger partial charge in [0.1, 0.15) is 0 Å². The Morgan fingerprint density at radius 3 is 2.14 bits per heavy atom. The molecule has 0 spiro atoms. The maximum atomic E-state index is 12.2. The van der Waals surface area contributed by atoms with E-state index in [1.54, 1.807) is 0 Å². The summed E-state index contributed by atoms with van der Waals surface area (Å²) < 4.78 is 0. The molecular weight excluding hydrogens is 272 g/mol. The minimum absolute atomic E-state index is 0.293. The van der Waals surface area contributed by atoms with Crippen molar-refractivity contribution in [3.05, 3.63) is 0 Å². The number of carbonyl (C=O) groups excluding carboxylic acids is 1. The van der Waals surface area contributed by atoms with E-state index < -0.39 is 0 Å². The number of amides is 1. The second kappa shape index (κ2) is 6.14. The quantitative estimate of drug-likeness (QED) is 0.797. The molecule has 3 nitrogen and oxygen atoms in total. The zero-order valence-corrected chi connectivity index (χ0v) is 14.0. The van der Waals surface area contributed by atoms with Crippen LogP contribution >= 0.6 is 0 Å². The van der Waals surface area contributed by atoms with E-state index in [1.807, 2.05) is 0 Å². The normalized spacial score (nSPS) is 40.8. The highest BCUT2D eigenvalue weighted by atomic mass is 16.2. The van der Waals surface area contributed by atoms with Gasteiger partial charge in [-0.2, -0.15) is 0 Å². The molecule has 2 N–H and O–H groups in total. The molecular formula is C19H33N2O+. The van der Waals surface area contributed by atoms with Gasteiger partial charge in [-0.25, -0.2) is 0 Å². The summed E-state index contributed by atoms with van der Waals surface area (Å²) in [5, 5.41) is 3.25. The maximum absolute atomic E-state index is 12.2. The molecule has 4 saturated carbocycles. The highest BCUT2D eigenvalue weighted by Crippen LogP contribution is 2.61. The number of rotatable bonds is 5. The molecule has 1 amide bonds. The molecule has 0 aromatic heterocycles. The summed E-state index contributed by atoms with van der Waals surface area (Å²) in [6.45, 7) is 4.03. The number of hydrogen-bond acceptors (Lipinski definition) is 1. The Kier molecular flexibility index (Phi) is 4.19. The van der Waals surface area contributed by atoms with Gasteiger partial charge in [-0.05, 0) is 87.4 Å². The van der Waals surface area contributed by atoms with E-state index in [2.05, 4.69) is 5.32 Å². The first-order chi connectivity index (χ1) is 10.7. The van der Waals surface area contributed by atoms with Gasteiger partial charge in [-0.1, -0.05) is 0 Å². The smallest absolute Gasteiger partial charge is 0.275 e. The first-order valence-corrected chi connectivity index (χ1v) is 9.81. The summed E-state index contributed by atoms with van der Waals surface area (Å²) in [6, 6.07) is 0. The molecule has 1 aliphatic heterocycles. The fourth-order valence-corrected chi connectivity index (χ4v) is 6.58. The summed E-state index contributed by atoms with van der Waals surface area (Å²) in [5.74, 6) is 3.38. The summed E-state index contributed by atoms with van der Waals surface area (Å²) in [4.78, 5) is 13.7. The molecule has 1 saturated heterocycles. The zero-order chi connectivity index (χ0) is 15.0. The molecule has 124 valence electrons. The first-order valence-electron chi connectivity index (χ1n) is 9.81. The van der Waals surface area contributed by atoms with Crippen molar-refractivity contribution in [2.24, 2.45) is 23.2 Å². The molecule has 5 aliphatic rings. The Hall–Kier alpha value is -0.570. The van der Waals surface area contributed by atoms with Crippen LogP contribution in [0.2, 0.25) is 0 Å². The van der Waals surface area contributed by atoms with Gasteiger partial charge >= 0.3 is 0 Å². The molecule has 0 radical (unpaired) electrons. The standard InChI is InChI=1S/C19H32N2O/c22-18(14-21-6-2-1-3-7-21)20-5-4-19-11-15-8-16(12-19)10-17(9-15)13-19/h15-17H,1-14H2,(H,20,22)/p+1. The zero-order valence-electron chi connectivity index (χ0n) is 14.0. The van der Waals surface area contributed by atoms with Crippen LogP contribution in [0.1, 0.15) is 64.2 Å². The fraction of sp³-hybridized carbons (Fsp3) is 0.947. The average molecular weight is 305 g/mol. The van der Waals surface area contributed by atoms with Gasteiger partial charge in [0.15, 0.2) is 6.54 Å². The molecule has 5 rings (SSSR count). The molecule has 22 heavy (non-hydrogen) atoms. The second-order valence-electron chi connectivity index (χ2n) is 9.00. The average Bonchev–Trinajstić information content (AvgIpc) is 2.46. The molecule has 0 aromatic carbocycles. The lowest BCUT2D eigenvalue weighted by atomic mass is 9.49. The van der Waals surface area contributed by atoms with E-state index in [1.165, 1.54) is 82.2 Å². The number of quaternary nitrogens is 1. The van der Waals surface area contributed by atoms with E-state index in [4.69, 9.17) is 0 Å². The Morgan fingerprint density at radius 2 is 1.55 bits per heavy atom. The molecule has 5 fully saturated rings. The van der Waals surface area contributed by atoms with E-state index in [0.717, 1.165) is 24.3 Å². The van der Waals surface area contributed by atoms with E-state index in [0.29, 0.717) is 17.9 Å². The van der Waals surface area contributed by atoms with Crippen molar-refractivity contribution in [1.29, 1.82) is 0 Å². The number of nitrogens with one attached hydrogen (secondary N) is 2. The second-order valence-corrected chi connectivity index (χ2v) is 9.00. The van der Waals surface area contributed by atoms with Crippen LogP contribution in [0.15, 0.2) is 0 Å². The lowest BCUT2D eigenvalue weighted by molar-refractivity contribution is -0.896. The maximum Gasteiger partial charge on any atom is 0.275 e. The van der Waals surface area contributed by atoms with Gasteiger partial charge in [0.05, 0.1) is 13.1 Å². The van der Waals surface area contributed by atoms with Crippen LogP contribution in [0, 0.1) is 23.2 Å². The number of carbonyl (C=O) groups is 1. The van der Waals surface area contributed by atoms with Crippen LogP contribution in [0.5, 0.6) is 0 Å². The van der Waals surface area contributed by atoms with Crippen LogP contribution in [0.3, 0.4) is 0 Å². The van der Waals surface area contributed by atoms with Crippen LogP contribution in [-0.2, 0) is 4.79 Å². The third-order valence-electron chi connectivity index (χ3n) is 7.11. The fourth-order valence-electron chi connectivity index (χ4n) is 6.58. The lowest BCUT2D eigenvalue weighted by Gasteiger charge is -2.57. The van der Waals surface area contributed by atoms with Gasteiger partial charge < -0.3 is 10.2 Å². The SMILES string of the molecule is O=C(C[NH+]1CCCCC1)NCCC12CC3CC(CC(C3)C1)C2. The summed E-state index contributed by atoms with van der Waals surface area (Å²) in [5.41, 5.74) is 0.611. The lowest BCUT2D eigenvalue weighted by Crippen LogP contribution is -3.13. The number of hydrogen-bond donors (Lipinski definition) is 2. The van der Waals surface area contributed by atoms with Gasteiger partial charge in [0.2, 0.25) is 0 Å². The monoisotopic (exact) mass is 305 g/mol. The number of piperidine rings is 1. The van der Waals surface area contributed by atoms with Crippen molar-refractivity contribution >= 4 is 5.91 Å². The topological polar surface area (TPSA) is 33.5 Å². The van der Waals surface area contributed by atoms with Gasteiger partial charge in [-0.3, -0.25) is 4.79 Å². The summed E-state index contributed by atoms with van der Waals surface area (Å²) >= 11 is 0. The first kappa shape index (κ1) is 15.0. The Labute approximate surface area is 135 Å². The highest BCUT2D eigenvalue weighted by molar-refractivity contribution is 5.76. The minimum Gasteiger partial charge on any atom is -0.351 e. The van der Waals surface area contributed by atoms with Crippen molar-refractivity contribution in [2.45, 2.75) is 64.2 Å². The molecule has 4 aliphatic carbocycles. The molecule has 0 aromatic rings. The Balaban J connectivity index is 1.22. The predicted octanol–water partition coefficient (Wildman–Crippen LogP) is 1.78. The molecule has 0 unspecified atom stereocenters. The summed E-state index contributed by atoms with van der Waals surface area (Å²) in [7, 11) is 0. The van der Waals surface area contributed by atoms with Gasteiger partial charge in [0.25, 0.3) is 5.91 Å². The molecule has 1 heterocycles. The van der Waals surface area contributed by atoms with Gasteiger partial charge in [-0.15, -0.1) is 0 Å². The molecule has 0 atom stereocenters. The Morgan fingerprint density at radius 1 is 0.955 bits per heavy atom. The molecule has 4 bridgehead atoms. The van der Waals surface area contributed by atoms with Crippen molar-refractivity contribution in [3.8, 4) is 0 Å². The van der Waals surface area contributed by atoms with Crippen molar-refractivity contribution in [3.63, 3.8) is 0 Å². The van der Waals surface area contributed by atoms with E-state index in [9.17, 15) is 4.79 Å². The van der Waals surface area contributed by atoms with Crippen LogP contribution < -0.4 is 10.2 Å². The highest BCUT2D eigenvalue weighted by Gasteiger charge is 2.50. The van der Waals surface area contributed by atoms with Crippen LogP contribution in [0.25, 0.3) is 0 Å². The van der Waals surface area contributed by atoms with Crippen LogP contribution in [-0.4, -0.2) is 32.1 Å². The van der Waals surface area contributed by atoms with E-state index in [-0.39, 0.29) is 0 Å². The minimum atomic E-state index is 0.293. The van der Waals surface area contributed by atoms with Crippen LogP contribution in [0.4, 0.5) is 0 Å². The van der Waals surface area contributed by atoms with Gasteiger partial charge in [0, 0.05) is 6.54 Å². The van der Waals surface area contributed by atoms with Crippen molar-refractivity contribution in [1.82, 2.24) is 5.32 Å². The predicted molar refractivity (Wildman–Crippen MR) is 87.6 cm³/mol. The van der Waals surface area contributed by atoms with Crippen molar-refractivity contribution in [2.75, 3.05) is 26.2 Å². The third-order valence-corrected chi connectivity index (χ3v) is 7.11. The largest absolute Gasteiger partial charge is 0.351 e. The Bertz CT molecular complexity index is 378. The third kappa shape index (κ3) is 3.20. The molecule has 3 heteroatoms.